The van der Waals surface area contributed by atoms with Crippen molar-refractivity contribution in [2.75, 3.05) is 5.32 Å². The van der Waals surface area contributed by atoms with E-state index in [1.54, 1.807) is 0 Å². The van der Waals surface area contributed by atoms with E-state index < -0.39 is 0 Å². The third kappa shape index (κ3) is 3.60. The summed E-state index contributed by atoms with van der Waals surface area (Å²) in [5.41, 5.74) is 1.00. The Morgan fingerprint density at radius 3 is 2.43 bits per heavy atom. The molecule has 1 N–H and O–H groups in total. The zero-order valence-electron chi connectivity index (χ0n) is 8.73. The van der Waals surface area contributed by atoms with E-state index in [0.29, 0.717) is 5.92 Å². The monoisotopic (exact) mass is 191 g/mol. The first-order valence-electron chi connectivity index (χ1n) is 4.99. The average molecular weight is 191 g/mol. The molecule has 0 bridgehead atoms. The summed E-state index contributed by atoms with van der Waals surface area (Å²) in [5, 5.41) is 3.19. The number of carbonyl (C=O) groups excluding carboxylic acids is 1. The minimum Gasteiger partial charge on any atom is -0.376 e. The first-order chi connectivity index (χ1) is 6.72. The van der Waals surface area contributed by atoms with Crippen LogP contribution in [0.15, 0.2) is 30.3 Å². The Morgan fingerprint density at radius 2 is 1.93 bits per heavy atom. The Labute approximate surface area is 85.3 Å². The highest BCUT2D eigenvalue weighted by molar-refractivity contribution is 5.64. The molecule has 0 heterocycles. The van der Waals surface area contributed by atoms with Crippen molar-refractivity contribution in [3.05, 3.63) is 30.3 Å². The van der Waals surface area contributed by atoms with E-state index in [1.165, 1.54) is 0 Å². The van der Waals surface area contributed by atoms with E-state index in [2.05, 4.69) is 19.2 Å². The molecular formula is C12H17NO. The first kappa shape index (κ1) is 10.8. The van der Waals surface area contributed by atoms with Crippen LogP contribution in [0.25, 0.3) is 0 Å². The second-order valence-corrected chi connectivity index (χ2v) is 3.88. The molecule has 0 aliphatic heterocycles. The highest BCUT2D eigenvalue weighted by atomic mass is 16.1. The highest BCUT2D eigenvalue weighted by Crippen LogP contribution is 2.11. The van der Waals surface area contributed by atoms with Crippen LogP contribution in [0.2, 0.25) is 0 Å². The van der Waals surface area contributed by atoms with Crippen LogP contribution >= 0.6 is 0 Å². The average Bonchev–Trinajstić information content (AvgIpc) is 2.17. The molecular weight excluding hydrogens is 174 g/mol. The van der Waals surface area contributed by atoms with Crippen molar-refractivity contribution in [2.45, 2.75) is 26.3 Å². The second kappa shape index (κ2) is 5.43. The standard InChI is InChI=1S/C12H17NO/c1-10(2)8-12(9-14)13-11-6-4-3-5-7-11/h3-7,9-10,12-13H,8H2,1-2H3. The third-order valence-corrected chi connectivity index (χ3v) is 2.02. The highest BCUT2D eigenvalue weighted by Gasteiger charge is 2.08. The van der Waals surface area contributed by atoms with E-state index in [1.807, 2.05) is 30.3 Å². The summed E-state index contributed by atoms with van der Waals surface area (Å²) < 4.78 is 0. The number of rotatable bonds is 5. The largest absolute Gasteiger partial charge is 0.376 e. The van der Waals surface area contributed by atoms with Gasteiger partial charge in [-0.25, -0.2) is 0 Å². The zero-order valence-corrected chi connectivity index (χ0v) is 8.73. The molecule has 0 amide bonds. The van der Waals surface area contributed by atoms with Gasteiger partial charge in [0, 0.05) is 5.69 Å². The molecule has 2 heteroatoms. The molecule has 0 aliphatic carbocycles. The summed E-state index contributed by atoms with van der Waals surface area (Å²) in [6, 6.07) is 9.74. The van der Waals surface area contributed by atoms with Gasteiger partial charge in [0.15, 0.2) is 0 Å². The molecule has 14 heavy (non-hydrogen) atoms. The van der Waals surface area contributed by atoms with Crippen LogP contribution in [0.5, 0.6) is 0 Å². The lowest BCUT2D eigenvalue weighted by atomic mass is 10.0. The number of hydrogen-bond acceptors (Lipinski definition) is 2. The number of hydrogen-bond donors (Lipinski definition) is 1. The minimum absolute atomic E-state index is 0.0719. The lowest BCUT2D eigenvalue weighted by Gasteiger charge is -2.15. The number of benzene rings is 1. The number of aldehydes is 1. The van der Waals surface area contributed by atoms with Crippen molar-refractivity contribution in [3.8, 4) is 0 Å². The quantitative estimate of drug-likeness (QED) is 0.725. The third-order valence-electron chi connectivity index (χ3n) is 2.02. The van der Waals surface area contributed by atoms with Crippen LogP contribution in [-0.4, -0.2) is 12.3 Å². The van der Waals surface area contributed by atoms with E-state index >= 15 is 0 Å². The van der Waals surface area contributed by atoms with E-state index in [-0.39, 0.29) is 6.04 Å². The van der Waals surface area contributed by atoms with Gasteiger partial charge in [0.05, 0.1) is 6.04 Å². The molecule has 0 spiro atoms. The Bertz CT molecular complexity index is 269. The maximum Gasteiger partial charge on any atom is 0.142 e. The summed E-state index contributed by atoms with van der Waals surface area (Å²) in [4.78, 5) is 10.8. The molecule has 0 fully saturated rings. The minimum atomic E-state index is -0.0719. The van der Waals surface area contributed by atoms with Gasteiger partial charge in [-0.1, -0.05) is 32.0 Å². The van der Waals surface area contributed by atoms with Crippen molar-refractivity contribution < 1.29 is 4.79 Å². The maximum atomic E-state index is 10.8. The molecule has 0 saturated heterocycles. The maximum absolute atomic E-state index is 10.8. The molecule has 0 saturated carbocycles. The normalized spacial score (nSPS) is 12.5. The lowest BCUT2D eigenvalue weighted by Crippen LogP contribution is -2.22. The summed E-state index contributed by atoms with van der Waals surface area (Å²) in [6.45, 7) is 4.23. The molecule has 0 aromatic heterocycles. The fourth-order valence-corrected chi connectivity index (χ4v) is 1.40. The fraction of sp³-hybridized carbons (Fsp3) is 0.417. The Hall–Kier alpha value is -1.31. The van der Waals surface area contributed by atoms with Crippen LogP contribution in [0.4, 0.5) is 5.69 Å². The van der Waals surface area contributed by atoms with Crippen molar-refractivity contribution in [1.82, 2.24) is 0 Å². The van der Waals surface area contributed by atoms with Crippen LogP contribution in [0.1, 0.15) is 20.3 Å². The van der Waals surface area contributed by atoms with Crippen molar-refractivity contribution in [1.29, 1.82) is 0 Å². The summed E-state index contributed by atoms with van der Waals surface area (Å²) in [6.07, 6.45) is 1.85. The van der Waals surface area contributed by atoms with Gasteiger partial charge in [0.1, 0.15) is 6.29 Å². The molecule has 1 rings (SSSR count). The molecule has 76 valence electrons. The number of nitrogens with one attached hydrogen (secondary N) is 1. The van der Waals surface area contributed by atoms with E-state index in [9.17, 15) is 4.79 Å². The molecule has 2 nitrogen and oxygen atoms in total. The summed E-state index contributed by atoms with van der Waals surface area (Å²) >= 11 is 0. The summed E-state index contributed by atoms with van der Waals surface area (Å²) in [7, 11) is 0. The van der Waals surface area contributed by atoms with E-state index in [0.717, 1.165) is 18.4 Å². The van der Waals surface area contributed by atoms with Crippen molar-refractivity contribution in [2.24, 2.45) is 5.92 Å². The van der Waals surface area contributed by atoms with Gasteiger partial charge >= 0.3 is 0 Å². The number of carbonyl (C=O) groups is 1. The Morgan fingerprint density at radius 1 is 1.29 bits per heavy atom. The number of para-hydroxylation sites is 1. The molecule has 0 aliphatic rings. The lowest BCUT2D eigenvalue weighted by molar-refractivity contribution is -0.108. The summed E-state index contributed by atoms with van der Waals surface area (Å²) in [5.74, 6) is 0.529. The topological polar surface area (TPSA) is 29.1 Å². The van der Waals surface area contributed by atoms with Crippen LogP contribution < -0.4 is 5.32 Å². The van der Waals surface area contributed by atoms with Gasteiger partial charge in [-0.05, 0) is 24.5 Å². The molecule has 1 aromatic carbocycles. The fourth-order valence-electron chi connectivity index (χ4n) is 1.40. The SMILES string of the molecule is CC(C)CC(C=O)Nc1ccccc1. The predicted molar refractivity (Wildman–Crippen MR) is 59.4 cm³/mol. The Kier molecular flexibility index (Phi) is 4.17. The van der Waals surface area contributed by atoms with E-state index in [4.69, 9.17) is 0 Å². The van der Waals surface area contributed by atoms with Crippen LogP contribution in [-0.2, 0) is 4.79 Å². The van der Waals surface area contributed by atoms with Gasteiger partial charge in [0.25, 0.3) is 0 Å². The van der Waals surface area contributed by atoms with Gasteiger partial charge in [0.2, 0.25) is 0 Å². The predicted octanol–water partition coefficient (Wildman–Crippen LogP) is 2.71. The van der Waals surface area contributed by atoms with Crippen molar-refractivity contribution in [3.63, 3.8) is 0 Å². The number of anilines is 1. The van der Waals surface area contributed by atoms with Crippen LogP contribution in [0.3, 0.4) is 0 Å². The van der Waals surface area contributed by atoms with Gasteiger partial charge in [-0.2, -0.15) is 0 Å². The molecule has 1 atom stereocenters. The molecule has 1 aromatic rings. The Balaban J connectivity index is 2.53. The van der Waals surface area contributed by atoms with Crippen LogP contribution in [0, 0.1) is 5.92 Å². The van der Waals surface area contributed by atoms with Crippen molar-refractivity contribution >= 4 is 12.0 Å². The first-order valence-corrected chi connectivity index (χ1v) is 4.99. The molecule has 0 radical (unpaired) electrons. The van der Waals surface area contributed by atoms with Gasteiger partial charge in [-0.3, -0.25) is 0 Å². The smallest absolute Gasteiger partial charge is 0.142 e. The molecule has 1 unspecified atom stereocenters. The second-order valence-electron chi connectivity index (χ2n) is 3.88. The zero-order chi connectivity index (χ0) is 10.4. The van der Waals surface area contributed by atoms with Gasteiger partial charge < -0.3 is 10.1 Å². The van der Waals surface area contributed by atoms with Gasteiger partial charge in [-0.15, -0.1) is 0 Å².